The summed E-state index contributed by atoms with van der Waals surface area (Å²) in [4.78, 5) is 0. The summed E-state index contributed by atoms with van der Waals surface area (Å²) in [7, 11) is 1.61. The van der Waals surface area contributed by atoms with Crippen LogP contribution in [-0.4, -0.2) is 7.05 Å². The SMILES string of the molecule is CN[C@@H](C)c1ccc(C(F)(F)F)cc1F.Cl. The lowest BCUT2D eigenvalue weighted by molar-refractivity contribution is -0.137. The molecular formula is C10H12ClF4N. The molecule has 0 aromatic heterocycles. The van der Waals surface area contributed by atoms with E-state index in [-0.39, 0.29) is 24.0 Å². The van der Waals surface area contributed by atoms with E-state index in [1.165, 1.54) is 0 Å². The second-order valence-electron chi connectivity index (χ2n) is 3.24. The molecule has 0 aliphatic heterocycles. The molecule has 0 heterocycles. The van der Waals surface area contributed by atoms with Crippen molar-refractivity contribution >= 4 is 12.4 Å². The second-order valence-corrected chi connectivity index (χ2v) is 3.24. The molecule has 0 unspecified atom stereocenters. The van der Waals surface area contributed by atoms with Crippen molar-refractivity contribution in [2.45, 2.75) is 19.1 Å². The van der Waals surface area contributed by atoms with Gasteiger partial charge >= 0.3 is 6.18 Å². The normalized spacial score (nSPS) is 13.1. The number of halogens is 5. The molecule has 1 rings (SSSR count). The molecule has 1 N–H and O–H groups in total. The van der Waals surface area contributed by atoms with E-state index in [0.717, 1.165) is 12.1 Å². The number of benzene rings is 1. The first-order chi connectivity index (χ1) is 6.86. The van der Waals surface area contributed by atoms with Crippen LogP contribution < -0.4 is 5.32 Å². The van der Waals surface area contributed by atoms with E-state index in [2.05, 4.69) is 5.32 Å². The van der Waals surface area contributed by atoms with E-state index >= 15 is 0 Å². The third kappa shape index (κ3) is 3.35. The molecule has 16 heavy (non-hydrogen) atoms. The van der Waals surface area contributed by atoms with E-state index in [9.17, 15) is 17.6 Å². The van der Waals surface area contributed by atoms with Crippen LogP contribution in [0.25, 0.3) is 0 Å². The van der Waals surface area contributed by atoms with Crippen LogP contribution >= 0.6 is 12.4 Å². The molecule has 0 fully saturated rings. The Morgan fingerprint density at radius 3 is 2.19 bits per heavy atom. The molecule has 0 bridgehead atoms. The van der Waals surface area contributed by atoms with Crippen LogP contribution in [0.2, 0.25) is 0 Å². The van der Waals surface area contributed by atoms with E-state index in [1.807, 2.05) is 0 Å². The molecule has 1 atom stereocenters. The third-order valence-electron chi connectivity index (χ3n) is 2.23. The van der Waals surface area contributed by atoms with Gasteiger partial charge in [0, 0.05) is 11.6 Å². The summed E-state index contributed by atoms with van der Waals surface area (Å²) < 4.78 is 49.9. The molecule has 0 aliphatic carbocycles. The minimum Gasteiger partial charge on any atom is -0.313 e. The summed E-state index contributed by atoms with van der Waals surface area (Å²) in [6.07, 6.45) is -4.50. The molecule has 0 spiro atoms. The van der Waals surface area contributed by atoms with Gasteiger partial charge in [0.15, 0.2) is 0 Å². The van der Waals surface area contributed by atoms with Crippen molar-refractivity contribution in [1.82, 2.24) is 5.32 Å². The van der Waals surface area contributed by atoms with Crippen LogP contribution in [0.1, 0.15) is 24.1 Å². The van der Waals surface area contributed by atoms with E-state index in [0.29, 0.717) is 6.07 Å². The lowest BCUT2D eigenvalue weighted by atomic mass is 10.1. The smallest absolute Gasteiger partial charge is 0.313 e. The quantitative estimate of drug-likeness (QED) is 0.799. The van der Waals surface area contributed by atoms with Gasteiger partial charge in [-0.3, -0.25) is 0 Å². The fourth-order valence-electron chi connectivity index (χ4n) is 1.21. The summed E-state index contributed by atoms with van der Waals surface area (Å²) in [5, 5.41) is 2.76. The Labute approximate surface area is 97.3 Å². The van der Waals surface area contributed by atoms with Gasteiger partial charge in [0.25, 0.3) is 0 Å². The molecule has 0 aliphatic rings. The van der Waals surface area contributed by atoms with E-state index in [4.69, 9.17) is 0 Å². The fourth-order valence-corrected chi connectivity index (χ4v) is 1.21. The highest BCUT2D eigenvalue weighted by Gasteiger charge is 2.31. The average molecular weight is 258 g/mol. The predicted molar refractivity (Wildman–Crippen MR) is 56.1 cm³/mol. The van der Waals surface area contributed by atoms with Crippen LogP contribution in [0.5, 0.6) is 0 Å². The molecule has 92 valence electrons. The average Bonchev–Trinajstić information content (AvgIpc) is 2.15. The third-order valence-corrected chi connectivity index (χ3v) is 2.23. The van der Waals surface area contributed by atoms with Crippen LogP contribution in [-0.2, 0) is 6.18 Å². The maximum atomic E-state index is 13.3. The van der Waals surface area contributed by atoms with Gasteiger partial charge in [-0.1, -0.05) is 6.07 Å². The van der Waals surface area contributed by atoms with E-state index < -0.39 is 17.6 Å². The zero-order chi connectivity index (χ0) is 11.6. The van der Waals surface area contributed by atoms with Crippen LogP contribution in [0, 0.1) is 5.82 Å². The molecule has 6 heteroatoms. The van der Waals surface area contributed by atoms with Crippen LogP contribution in [0.4, 0.5) is 17.6 Å². The van der Waals surface area contributed by atoms with Crippen molar-refractivity contribution in [1.29, 1.82) is 0 Å². The summed E-state index contributed by atoms with van der Waals surface area (Å²) in [6.45, 7) is 1.67. The zero-order valence-corrected chi connectivity index (χ0v) is 9.55. The largest absolute Gasteiger partial charge is 0.416 e. The van der Waals surface area contributed by atoms with Crippen molar-refractivity contribution in [3.63, 3.8) is 0 Å². The molecular weight excluding hydrogens is 246 g/mol. The van der Waals surface area contributed by atoms with Gasteiger partial charge < -0.3 is 5.32 Å². The number of hydrogen-bond acceptors (Lipinski definition) is 1. The molecule has 1 aromatic carbocycles. The van der Waals surface area contributed by atoms with Crippen molar-refractivity contribution in [2.24, 2.45) is 0 Å². The fraction of sp³-hybridized carbons (Fsp3) is 0.400. The Morgan fingerprint density at radius 1 is 1.25 bits per heavy atom. The maximum Gasteiger partial charge on any atom is 0.416 e. The first kappa shape index (κ1) is 15.2. The Balaban J connectivity index is 0.00000225. The monoisotopic (exact) mass is 257 g/mol. The van der Waals surface area contributed by atoms with Crippen molar-refractivity contribution in [2.75, 3.05) is 7.05 Å². The van der Waals surface area contributed by atoms with E-state index in [1.54, 1.807) is 14.0 Å². The summed E-state index contributed by atoms with van der Waals surface area (Å²) in [5.41, 5.74) is -0.738. The topological polar surface area (TPSA) is 12.0 Å². The van der Waals surface area contributed by atoms with Gasteiger partial charge in [-0.2, -0.15) is 13.2 Å². The minimum absolute atomic E-state index is 0. The number of rotatable bonds is 2. The summed E-state index contributed by atoms with van der Waals surface area (Å²) >= 11 is 0. The maximum absolute atomic E-state index is 13.3. The number of nitrogens with one attached hydrogen (secondary N) is 1. The predicted octanol–water partition coefficient (Wildman–Crippen LogP) is 3.55. The van der Waals surface area contributed by atoms with Gasteiger partial charge in [0.1, 0.15) is 5.82 Å². The van der Waals surface area contributed by atoms with Crippen molar-refractivity contribution in [3.8, 4) is 0 Å². The lowest BCUT2D eigenvalue weighted by Gasteiger charge is -2.13. The second kappa shape index (κ2) is 5.50. The van der Waals surface area contributed by atoms with Crippen molar-refractivity contribution in [3.05, 3.63) is 35.1 Å². The molecule has 0 saturated carbocycles. The highest BCUT2D eigenvalue weighted by Crippen LogP contribution is 2.31. The van der Waals surface area contributed by atoms with Gasteiger partial charge in [0.2, 0.25) is 0 Å². The number of hydrogen-bond donors (Lipinski definition) is 1. The van der Waals surface area contributed by atoms with Crippen LogP contribution in [0.15, 0.2) is 18.2 Å². The van der Waals surface area contributed by atoms with Gasteiger partial charge in [-0.05, 0) is 26.1 Å². The Morgan fingerprint density at radius 2 is 1.81 bits per heavy atom. The molecule has 0 saturated heterocycles. The Kier molecular flexibility index (Phi) is 5.22. The summed E-state index contributed by atoms with van der Waals surface area (Å²) in [5.74, 6) is -0.841. The highest BCUT2D eigenvalue weighted by molar-refractivity contribution is 5.85. The first-order valence-corrected chi connectivity index (χ1v) is 4.40. The summed E-state index contributed by atoms with van der Waals surface area (Å²) in [6, 6.07) is 2.24. The van der Waals surface area contributed by atoms with Crippen LogP contribution in [0.3, 0.4) is 0 Å². The van der Waals surface area contributed by atoms with Crippen molar-refractivity contribution < 1.29 is 17.6 Å². The van der Waals surface area contributed by atoms with Gasteiger partial charge in [0.05, 0.1) is 5.56 Å². The zero-order valence-electron chi connectivity index (χ0n) is 8.73. The minimum atomic E-state index is -4.50. The number of alkyl halides is 3. The molecule has 0 radical (unpaired) electrons. The standard InChI is InChI=1S/C10H11F4N.ClH/c1-6(15-2)8-4-3-7(5-9(8)11)10(12,13)14;/h3-6,15H,1-2H3;1H/t6-;/m0./s1. The molecule has 0 amide bonds. The lowest BCUT2D eigenvalue weighted by Crippen LogP contribution is -2.15. The highest BCUT2D eigenvalue weighted by atomic mass is 35.5. The molecule has 1 aromatic rings. The molecule has 1 nitrogen and oxygen atoms in total. The van der Waals surface area contributed by atoms with Gasteiger partial charge in [-0.15, -0.1) is 12.4 Å². The Hall–Kier alpha value is -0.810. The first-order valence-electron chi connectivity index (χ1n) is 4.40. The van der Waals surface area contributed by atoms with Gasteiger partial charge in [-0.25, -0.2) is 4.39 Å². The Bertz CT molecular complexity index is 351.